The predicted octanol–water partition coefficient (Wildman–Crippen LogP) is 3.04. The van der Waals surface area contributed by atoms with Crippen molar-refractivity contribution in [2.45, 2.75) is 13.8 Å². The number of aryl methyl sites for hydroxylation is 1. The van der Waals surface area contributed by atoms with Crippen molar-refractivity contribution >= 4 is 23.7 Å². The van der Waals surface area contributed by atoms with Crippen molar-refractivity contribution in [1.82, 2.24) is 14.9 Å². The number of rotatable bonds is 5. The Morgan fingerprint density at radius 3 is 2.34 bits per heavy atom. The van der Waals surface area contributed by atoms with Gasteiger partial charge in [0, 0.05) is 43.1 Å². The van der Waals surface area contributed by atoms with E-state index in [9.17, 15) is 14.0 Å². The molecular weight excluding hydrogens is 449 g/mol. The molecule has 0 bridgehead atoms. The number of amides is 2. The van der Waals surface area contributed by atoms with Crippen LogP contribution in [-0.4, -0.2) is 60.8 Å². The van der Waals surface area contributed by atoms with E-state index >= 15 is 0 Å². The van der Waals surface area contributed by atoms with Gasteiger partial charge in [-0.2, -0.15) is 5.10 Å². The van der Waals surface area contributed by atoms with E-state index in [0.717, 1.165) is 22.8 Å². The third-order valence-electron chi connectivity index (χ3n) is 6.12. The standard InChI is InChI=1S/C26H28FN5O3/c1-18-16-20(19(2)32(18)22-9-5-4-8-21(22)27)17-28-29-25(33)26(34)31-14-12-30(13-15-31)23-10-6-7-11-24(23)35-3/h4-11,16-17H,12-15H2,1-3H3,(H,29,33)/b28-17-. The van der Waals surface area contributed by atoms with Crippen LogP contribution in [0.3, 0.4) is 0 Å². The average molecular weight is 478 g/mol. The molecule has 9 heteroatoms. The molecule has 1 fully saturated rings. The lowest BCUT2D eigenvalue weighted by atomic mass is 10.2. The number of nitrogens with zero attached hydrogens (tertiary/aromatic N) is 4. The summed E-state index contributed by atoms with van der Waals surface area (Å²) in [6.07, 6.45) is 1.46. The summed E-state index contributed by atoms with van der Waals surface area (Å²) in [5.41, 5.74) is 6.02. The summed E-state index contributed by atoms with van der Waals surface area (Å²) in [5, 5.41) is 3.97. The zero-order valence-electron chi connectivity index (χ0n) is 20.0. The molecule has 1 N–H and O–H groups in total. The fourth-order valence-electron chi connectivity index (χ4n) is 4.32. The number of halogens is 1. The molecule has 0 spiro atoms. The van der Waals surface area contributed by atoms with Gasteiger partial charge in [0.2, 0.25) is 0 Å². The first-order chi connectivity index (χ1) is 16.9. The number of benzene rings is 2. The van der Waals surface area contributed by atoms with E-state index in [1.54, 1.807) is 29.9 Å². The van der Waals surface area contributed by atoms with E-state index in [2.05, 4.69) is 15.4 Å². The summed E-state index contributed by atoms with van der Waals surface area (Å²) in [6.45, 7) is 5.71. The van der Waals surface area contributed by atoms with Crippen LogP contribution in [0.4, 0.5) is 10.1 Å². The van der Waals surface area contributed by atoms with Crippen molar-refractivity contribution in [3.63, 3.8) is 0 Å². The molecule has 1 saturated heterocycles. The molecule has 1 aromatic heterocycles. The lowest BCUT2D eigenvalue weighted by Gasteiger charge is -2.36. The highest BCUT2D eigenvalue weighted by molar-refractivity contribution is 6.35. The van der Waals surface area contributed by atoms with Gasteiger partial charge in [-0.1, -0.05) is 24.3 Å². The molecular formula is C26H28FN5O3. The fraction of sp³-hybridized carbons (Fsp3) is 0.269. The first kappa shape index (κ1) is 24.0. The molecule has 2 aromatic carbocycles. The normalized spacial score (nSPS) is 13.8. The first-order valence-corrected chi connectivity index (χ1v) is 11.3. The smallest absolute Gasteiger partial charge is 0.329 e. The summed E-state index contributed by atoms with van der Waals surface area (Å²) in [4.78, 5) is 28.7. The SMILES string of the molecule is COc1ccccc1N1CCN(C(=O)C(=O)N/N=C\c2cc(C)n(-c3ccccc3F)c2C)CC1. The maximum absolute atomic E-state index is 14.3. The second kappa shape index (κ2) is 10.4. The number of piperazine rings is 1. The number of hydrazone groups is 1. The summed E-state index contributed by atoms with van der Waals surface area (Å²) in [5.74, 6) is -0.982. The highest BCUT2D eigenvalue weighted by atomic mass is 19.1. The molecule has 3 aromatic rings. The first-order valence-electron chi connectivity index (χ1n) is 11.3. The fourth-order valence-corrected chi connectivity index (χ4v) is 4.32. The number of para-hydroxylation sites is 3. The van der Waals surface area contributed by atoms with E-state index in [4.69, 9.17) is 4.74 Å². The minimum Gasteiger partial charge on any atom is -0.495 e. The monoisotopic (exact) mass is 477 g/mol. The van der Waals surface area contributed by atoms with Crippen molar-refractivity contribution in [2.24, 2.45) is 5.10 Å². The average Bonchev–Trinajstić information content (AvgIpc) is 3.16. The molecule has 2 heterocycles. The van der Waals surface area contributed by atoms with E-state index in [-0.39, 0.29) is 5.82 Å². The second-order valence-corrected chi connectivity index (χ2v) is 8.26. The van der Waals surface area contributed by atoms with Gasteiger partial charge in [0.15, 0.2) is 0 Å². The Balaban J connectivity index is 1.36. The zero-order chi connectivity index (χ0) is 24.9. The Hall–Kier alpha value is -4.14. The van der Waals surface area contributed by atoms with Gasteiger partial charge in [-0.3, -0.25) is 9.59 Å². The number of nitrogens with one attached hydrogen (secondary N) is 1. The maximum Gasteiger partial charge on any atom is 0.329 e. The third-order valence-corrected chi connectivity index (χ3v) is 6.12. The molecule has 0 saturated carbocycles. The molecule has 182 valence electrons. The molecule has 1 aliphatic heterocycles. The van der Waals surface area contributed by atoms with Crippen molar-refractivity contribution in [3.8, 4) is 11.4 Å². The van der Waals surface area contributed by atoms with Crippen LogP contribution < -0.4 is 15.1 Å². The Morgan fingerprint density at radius 1 is 1.00 bits per heavy atom. The van der Waals surface area contributed by atoms with Gasteiger partial charge in [-0.05, 0) is 44.2 Å². The Bertz CT molecular complexity index is 1260. The molecule has 0 radical (unpaired) electrons. The summed E-state index contributed by atoms with van der Waals surface area (Å²) >= 11 is 0. The highest BCUT2D eigenvalue weighted by Gasteiger charge is 2.27. The van der Waals surface area contributed by atoms with E-state index in [0.29, 0.717) is 37.4 Å². The van der Waals surface area contributed by atoms with Gasteiger partial charge in [0.05, 0.1) is 24.7 Å². The van der Waals surface area contributed by atoms with E-state index < -0.39 is 11.8 Å². The van der Waals surface area contributed by atoms with Crippen LogP contribution in [0.15, 0.2) is 59.7 Å². The van der Waals surface area contributed by atoms with Crippen LogP contribution in [0.1, 0.15) is 17.0 Å². The van der Waals surface area contributed by atoms with Crippen LogP contribution in [0, 0.1) is 19.7 Å². The summed E-state index contributed by atoms with van der Waals surface area (Å²) < 4.78 is 21.5. The minimum absolute atomic E-state index is 0.331. The molecule has 4 rings (SSSR count). The van der Waals surface area contributed by atoms with Gasteiger partial charge in [-0.15, -0.1) is 0 Å². The highest BCUT2D eigenvalue weighted by Crippen LogP contribution is 2.28. The second-order valence-electron chi connectivity index (χ2n) is 8.26. The lowest BCUT2D eigenvalue weighted by Crippen LogP contribution is -2.52. The number of carbonyl (C=O) groups is 2. The molecule has 35 heavy (non-hydrogen) atoms. The van der Waals surface area contributed by atoms with Gasteiger partial charge in [0.25, 0.3) is 0 Å². The Labute approximate surface area is 203 Å². The van der Waals surface area contributed by atoms with Gasteiger partial charge < -0.3 is 19.1 Å². The summed E-state index contributed by atoms with van der Waals surface area (Å²) in [6, 6.07) is 16.1. The van der Waals surface area contributed by atoms with Crippen LogP contribution in [0.2, 0.25) is 0 Å². The van der Waals surface area contributed by atoms with Crippen molar-refractivity contribution < 1.29 is 18.7 Å². The van der Waals surface area contributed by atoms with Crippen LogP contribution in [0.5, 0.6) is 5.75 Å². The molecule has 1 aliphatic rings. The molecule has 0 atom stereocenters. The van der Waals surface area contributed by atoms with Crippen LogP contribution >= 0.6 is 0 Å². The topological polar surface area (TPSA) is 79.2 Å². The van der Waals surface area contributed by atoms with Crippen LogP contribution in [-0.2, 0) is 9.59 Å². The Kier molecular flexibility index (Phi) is 7.14. The zero-order valence-corrected chi connectivity index (χ0v) is 20.0. The predicted molar refractivity (Wildman–Crippen MR) is 133 cm³/mol. The van der Waals surface area contributed by atoms with Crippen molar-refractivity contribution in [3.05, 3.63) is 77.4 Å². The third kappa shape index (κ3) is 5.03. The molecule has 0 unspecified atom stereocenters. The Morgan fingerprint density at radius 2 is 1.66 bits per heavy atom. The van der Waals surface area contributed by atoms with Crippen LogP contribution in [0.25, 0.3) is 5.69 Å². The molecule has 0 aliphatic carbocycles. The van der Waals surface area contributed by atoms with E-state index in [1.807, 2.05) is 44.2 Å². The van der Waals surface area contributed by atoms with Gasteiger partial charge in [-0.25, -0.2) is 9.82 Å². The number of carbonyl (C=O) groups excluding carboxylic acids is 2. The number of hydrogen-bond acceptors (Lipinski definition) is 5. The number of aromatic nitrogens is 1. The number of ether oxygens (including phenoxy) is 1. The number of anilines is 1. The van der Waals surface area contributed by atoms with Gasteiger partial charge >= 0.3 is 11.8 Å². The van der Waals surface area contributed by atoms with E-state index in [1.165, 1.54) is 17.2 Å². The minimum atomic E-state index is -0.796. The lowest BCUT2D eigenvalue weighted by molar-refractivity contribution is -0.146. The largest absolute Gasteiger partial charge is 0.495 e. The number of hydrogen-bond donors (Lipinski definition) is 1. The quantitative estimate of drug-likeness (QED) is 0.348. The van der Waals surface area contributed by atoms with Gasteiger partial charge in [0.1, 0.15) is 11.6 Å². The van der Waals surface area contributed by atoms with Crippen molar-refractivity contribution in [2.75, 3.05) is 38.2 Å². The summed E-state index contributed by atoms with van der Waals surface area (Å²) in [7, 11) is 1.63. The van der Waals surface area contributed by atoms with Crippen molar-refractivity contribution in [1.29, 1.82) is 0 Å². The molecule has 2 amide bonds. The number of methoxy groups -OCH3 is 1. The molecule has 8 nitrogen and oxygen atoms in total. The maximum atomic E-state index is 14.3.